The van der Waals surface area contributed by atoms with Crippen molar-refractivity contribution in [1.82, 2.24) is 4.90 Å². The maximum absolute atomic E-state index is 11.0. The highest BCUT2D eigenvalue weighted by atomic mass is 16.1. The van der Waals surface area contributed by atoms with Crippen molar-refractivity contribution in [2.45, 2.75) is 32.7 Å². The van der Waals surface area contributed by atoms with Gasteiger partial charge in [0, 0.05) is 12.6 Å². The van der Waals surface area contributed by atoms with Gasteiger partial charge in [0.05, 0.1) is 12.5 Å². The average molecular weight is 198 g/mol. The van der Waals surface area contributed by atoms with E-state index in [2.05, 4.69) is 6.92 Å². The third-order valence-corrected chi connectivity index (χ3v) is 2.84. The summed E-state index contributed by atoms with van der Waals surface area (Å²) in [6.45, 7) is 4.72. The van der Waals surface area contributed by atoms with Crippen molar-refractivity contribution < 1.29 is 9.59 Å². The molecule has 2 N–H and O–H groups in total. The van der Waals surface area contributed by atoms with Crippen LogP contribution >= 0.6 is 0 Å². The lowest BCUT2D eigenvalue weighted by molar-refractivity contribution is -0.126. The molecule has 0 bridgehead atoms. The molecule has 0 aromatic heterocycles. The van der Waals surface area contributed by atoms with Crippen molar-refractivity contribution in [2.24, 2.45) is 11.7 Å². The summed E-state index contributed by atoms with van der Waals surface area (Å²) >= 11 is 0. The van der Waals surface area contributed by atoms with Gasteiger partial charge in [-0.1, -0.05) is 0 Å². The van der Waals surface area contributed by atoms with E-state index in [1.807, 2.05) is 4.90 Å². The number of amides is 1. The Balaban J connectivity index is 2.55. The van der Waals surface area contributed by atoms with E-state index >= 15 is 0 Å². The molecule has 2 atom stereocenters. The Hall–Kier alpha value is -0.900. The molecule has 0 aromatic carbocycles. The summed E-state index contributed by atoms with van der Waals surface area (Å²) in [4.78, 5) is 24.0. The Kier molecular flexibility index (Phi) is 3.63. The maximum Gasteiger partial charge on any atom is 0.221 e. The number of primary amides is 1. The lowest BCUT2D eigenvalue weighted by Gasteiger charge is -2.36. The second kappa shape index (κ2) is 4.55. The van der Waals surface area contributed by atoms with Crippen LogP contribution in [0, 0.1) is 5.92 Å². The second-order valence-electron chi connectivity index (χ2n) is 4.16. The van der Waals surface area contributed by atoms with Crippen LogP contribution < -0.4 is 5.73 Å². The molecule has 0 spiro atoms. The van der Waals surface area contributed by atoms with E-state index in [9.17, 15) is 9.59 Å². The molecule has 0 aromatic rings. The molecule has 0 radical (unpaired) electrons. The highest BCUT2D eigenvalue weighted by Gasteiger charge is 2.28. The fourth-order valence-corrected chi connectivity index (χ4v) is 1.92. The molecule has 1 aliphatic heterocycles. The molecule has 1 fully saturated rings. The number of Topliss-reactive ketones (excluding diaryl/α,β-unsaturated/α-hetero) is 1. The number of nitrogens with zero attached hydrogens (tertiary/aromatic N) is 1. The van der Waals surface area contributed by atoms with Gasteiger partial charge in [-0.2, -0.15) is 0 Å². The Bertz CT molecular complexity index is 240. The Labute approximate surface area is 84.4 Å². The monoisotopic (exact) mass is 198 g/mol. The molecule has 0 saturated carbocycles. The van der Waals surface area contributed by atoms with Gasteiger partial charge in [-0.25, -0.2) is 0 Å². The van der Waals surface area contributed by atoms with Crippen LogP contribution in [-0.2, 0) is 9.59 Å². The zero-order chi connectivity index (χ0) is 10.7. The van der Waals surface area contributed by atoms with Gasteiger partial charge in [-0.15, -0.1) is 0 Å². The molecular formula is C10H18N2O2. The molecule has 1 amide bonds. The van der Waals surface area contributed by atoms with Crippen molar-refractivity contribution in [3.8, 4) is 0 Å². The number of hydrogen-bond acceptors (Lipinski definition) is 3. The van der Waals surface area contributed by atoms with Gasteiger partial charge < -0.3 is 5.73 Å². The first kappa shape index (κ1) is 11.2. The van der Waals surface area contributed by atoms with E-state index < -0.39 is 0 Å². The SMILES string of the molecule is CC(=O)CN1CC(C(N)=O)CCC1C. The van der Waals surface area contributed by atoms with E-state index in [0.29, 0.717) is 19.1 Å². The highest BCUT2D eigenvalue weighted by molar-refractivity contribution is 5.78. The van der Waals surface area contributed by atoms with E-state index in [1.54, 1.807) is 6.92 Å². The van der Waals surface area contributed by atoms with E-state index in [1.165, 1.54) is 0 Å². The predicted octanol–water partition coefficient (Wildman–Crippen LogP) is 0.161. The van der Waals surface area contributed by atoms with Crippen molar-refractivity contribution in [2.75, 3.05) is 13.1 Å². The number of nitrogens with two attached hydrogens (primary N) is 1. The minimum atomic E-state index is -0.245. The Morgan fingerprint density at radius 2 is 2.07 bits per heavy atom. The largest absolute Gasteiger partial charge is 0.369 e. The maximum atomic E-state index is 11.0. The molecule has 4 nitrogen and oxygen atoms in total. The summed E-state index contributed by atoms with van der Waals surface area (Å²) in [6, 6.07) is 0.384. The fourth-order valence-electron chi connectivity index (χ4n) is 1.92. The first-order chi connectivity index (χ1) is 6.50. The van der Waals surface area contributed by atoms with E-state index in [-0.39, 0.29) is 17.6 Å². The summed E-state index contributed by atoms with van der Waals surface area (Å²) in [7, 11) is 0. The van der Waals surface area contributed by atoms with Crippen molar-refractivity contribution in [3.63, 3.8) is 0 Å². The minimum Gasteiger partial charge on any atom is -0.369 e. The number of rotatable bonds is 3. The standard InChI is InChI=1S/C10H18N2O2/c1-7-3-4-9(10(11)14)6-12(7)5-8(2)13/h7,9H,3-6H2,1-2H3,(H2,11,14). The highest BCUT2D eigenvalue weighted by Crippen LogP contribution is 2.21. The van der Waals surface area contributed by atoms with Crippen LogP contribution in [0.4, 0.5) is 0 Å². The van der Waals surface area contributed by atoms with Crippen LogP contribution in [-0.4, -0.2) is 35.7 Å². The van der Waals surface area contributed by atoms with Gasteiger partial charge >= 0.3 is 0 Å². The topological polar surface area (TPSA) is 63.4 Å². The summed E-state index contributed by atoms with van der Waals surface area (Å²) < 4.78 is 0. The zero-order valence-corrected chi connectivity index (χ0v) is 8.82. The number of ketones is 1. The van der Waals surface area contributed by atoms with Crippen LogP contribution in [0.25, 0.3) is 0 Å². The predicted molar refractivity (Wildman–Crippen MR) is 53.6 cm³/mol. The van der Waals surface area contributed by atoms with Crippen LogP contribution in [0.2, 0.25) is 0 Å². The lowest BCUT2D eigenvalue weighted by Crippen LogP contribution is -2.47. The van der Waals surface area contributed by atoms with Gasteiger partial charge in [0.1, 0.15) is 5.78 Å². The minimum absolute atomic E-state index is 0.0782. The van der Waals surface area contributed by atoms with Crippen molar-refractivity contribution >= 4 is 11.7 Å². The number of hydrogen-bond donors (Lipinski definition) is 1. The Morgan fingerprint density at radius 3 is 2.57 bits per heavy atom. The normalized spacial score (nSPS) is 28.7. The summed E-state index contributed by atoms with van der Waals surface area (Å²) in [5.74, 6) is -0.182. The van der Waals surface area contributed by atoms with Gasteiger partial charge in [-0.3, -0.25) is 14.5 Å². The number of carbonyl (C=O) groups is 2. The second-order valence-corrected chi connectivity index (χ2v) is 4.16. The zero-order valence-electron chi connectivity index (χ0n) is 8.82. The molecule has 0 aliphatic carbocycles. The van der Waals surface area contributed by atoms with E-state index in [4.69, 9.17) is 5.73 Å². The van der Waals surface area contributed by atoms with Crippen molar-refractivity contribution in [3.05, 3.63) is 0 Å². The quantitative estimate of drug-likeness (QED) is 0.702. The molecular weight excluding hydrogens is 180 g/mol. The molecule has 1 aliphatic rings. The third-order valence-electron chi connectivity index (χ3n) is 2.84. The van der Waals surface area contributed by atoms with Gasteiger partial charge in [0.2, 0.25) is 5.91 Å². The number of piperidine rings is 1. The van der Waals surface area contributed by atoms with E-state index in [0.717, 1.165) is 12.8 Å². The van der Waals surface area contributed by atoms with Gasteiger partial charge in [-0.05, 0) is 26.7 Å². The summed E-state index contributed by atoms with van der Waals surface area (Å²) in [5, 5.41) is 0. The van der Waals surface area contributed by atoms with Gasteiger partial charge in [0.25, 0.3) is 0 Å². The van der Waals surface area contributed by atoms with Gasteiger partial charge in [0.15, 0.2) is 0 Å². The van der Waals surface area contributed by atoms with Crippen LogP contribution in [0.5, 0.6) is 0 Å². The molecule has 2 unspecified atom stereocenters. The number of likely N-dealkylation sites (tertiary alicyclic amines) is 1. The number of carbonyl (C=O) groups excluding carboxylic acids is 2. The fraction of sp³-hybridized carbons (Fsp3) is 0.800. The van der Waals surface area contributed by atoms with Crippen molar-refractivity contribution in [1.29, 1.82) is 0 Å². The Morgan fingerprint density at radius 1 is 1.43 bits per heavy atom. The molecule has 1 heterocycles. The molecule has 14 heavy (non-hydrogen) atoms. The first-order valence-electron chi connectivity index (χ1n) is 5.03. The smallest absolute Gasteiger partial charge is 0.221 e. The third kappa shape index (κ3) is 2.80. The summed E-state index contributed by atoms with van der Waals surface area (Å²) in [5.41, 5.74) is 5.26. The average Bonchev–Trinajstić information content (AvgIpc) is 2.07. The molecule has 80 valence electrons. The molecule has 1 saturated heterocycles. The first-order valence-corrected chi connectivity index (χ1v) is 5.03. The van der Waals surface area contributed by atoms with Crippen LogP contribution in [0.15, 0.2) is 0 Å². The summed E-state index contributed by atoms with van der Waals surface area (Å²) in [6.07, 6.45) is 1.80. The molecule has 4 heteroatoms. The lowest BCUT2D eigenvalue weighted by atomic mass is 9.93. The van der Waals surface area contributed by atoms with Crippen LogP contribution in [0.3, 0.4) is 0 Å². The van der Waals surface area contributed by atoms with Crippen LogP contribution in [0.1, 0.15) is 26.7 Å². The molecule has 1 rings (SSSR count).